The first-order valence-corrected chi connectivity index (χ1v) is 7.09. The summed E-state index contributed by atoms with van der Waals surface area (Å²) in [4.78, 5) is 1.50. The number of anilines is 1. The van der Waals surface area contributed by atoms with Crippen molar-refractivity contribution in [1.29, 1.82) is 0 Å². The Kier molecular flexibility index (Phi) is 7.47. The maximum atomic E-state index is 12.5. The van der Waals surface area contributed by atoms with Crippen LogP contribution in [-0.4, -0.2) is 37.8 Å². The zero-order valence-electron chi connectivity index (χ0n) is 12.1. The lowest BCUT2D eigenvalue weighted by Gasteiger charge is -2.24. The minimum Gasteiger partial charge on any atom is -0.395 e. The molecule has 3 nitrogen and oxygen atoms in total. The highest BCUT2D eigenvalue weighted by Crippen LogP contribution is 2.21. The molecule has 0 spiro atoms. The number of aliphatic hydroxyl groups is 1. The number of aliphatic hydroxyl groups excluding tert-OH is 1. The molecule has 1 aromatic rings. The first kappa shape index (κ1) is 16.9. The van der Waals surface area contributed by atoms with Crippen molar-refractivity contribution in [2.45, 2.75) is 32.7 Å². The minimum atomic E-state index is -2.41. The second-order valence-corrected chi connectivity index (χ2v) is 4.67. The molecule has 114 valence electrons. The number of hydrogen-bond donors (Lipinski definition) is 2. The van der Waals surface area contributed by atoms with Gasteiger partial charge in [0.25, 0.3) is 6.43 Å². The van der Waals surface area contributed by atoms with E-state index in [-0.39, 0.29) is 25.7 Å². The van der Waals surface area contributed by atoms with Crippen LogP contribution in [0.1, 0.15) is 31.9 Å². The van der Waals surface area contributed by atoms with Crippen molar-refractivity contribution >= 4 is 5.69 Å². The molecule has 2 N–H and O–H groups in total. The first-order chi connectivity index (χ1) is 9.62. The Morgan fingerprint density at radius 3 is 2.30 bits per heavy atom. The van der Waals surface area contributed by atoms with E-state index in [0.717, 1.165) is 24.2 Å². The van der Waals surface area contributed by atoms with Crippen LogP contribution in [0.3, 0.4) is 0 Å². The molecule has 0 aliphatic rings. The molecule has 0 amide bonds. The Hall–Kier alpha value is -1.20. The van der Waals surface area contributed by atoms with Crippen molar-refractivity contribution in [2.75, 3.05) is 31.1 Å². The van der Waals surface area contributed by atoms with E-state index in [9.17, 15) is 8.78 Å². The van der Waals surface area contributed by atoms with Crippen LogP contribution < -0.4 is 10.2 Å². The number of alkyl halides is 2. The van der Waals surface area contributed by atoms with E-state index in [0.29, 0.717) is 0 Å². The van der Waals surface area contributed by atoms with Crippen LogP contribution >= 0.6 is 0 Å². The molecule has 0 aliphatic heterocycles. The molecule has 0 saturated carbocycles. The first-order valence-electron chi connectivity index (χ1n) is 7.09. The van der Waals surface area contributed by atoms with Gasteiger partial charge >= 0.3 is 0 Å². The lowest BCUT2D eigenvalue weighted by Crippen LogP contribution is -2.31. The smallest absolute Gasteiger partial charge is 0.255 e. The molecule has 1 atom stereocenters. The van der Waals surface area contributed by atoms with Crippen molar-refractivity contribution in [3.63, 3.8) is 0 Å². The molecular formula is C15H24F2N2O. The van der Waals surface area contributed by atoms with Gasteiger partial charge < -0.3 is 15.3 Å². The van der Waals surface area contributed by atoms with Gasteiger partial charge in [0.2, 0.25) is 0 Å². The fourth-order valence-electron chi connectivity index (χ4n) is 2.27. The monoisotopic (exact) mass is 286 g/mol. The molecule has 0 fully saturated rings. The number of nitrogens with one attached hydrogen (secondary N) is 1. The number of rotatable bonds is 9. The largest absolute Gasteiger partial charge is 0.395 e. The molecule has 0 bridgehead atoms. The van der Waals surface area contributed by atoms with E-state index >= 15 is 0 Å². The Bertz CT molecular complexity index is 371. The summed E-state index contributed by atoms with van der Waals surface area (Å²) in [5.41, 5.74) is 1.87. The molecule has 20 heavy (non-hydrogen) atoms. The summed E-state index contributed by atoms with van der Waals surface area (Å²) in [6, 6.07) is 7.89. The van der Waals surface area contributed by atoms with E-state index in [2.05, 4.69) is 19.2 Å². The highest BCUT2D eigenvalue weighted by Gasteiger charge is 2.13. The van der Waals surface area contributed by atoms with E-state index in [1.54, 1.807) is 0 Å². The van der Waals surface area contributed by atoms with Crippen molar-refractivity contribution in [3.05, 3.63) is 29.8 Å². The number of halogens is 2. The van der Waals surface area contributed by atoms with Crippen LogP contribution in [0.25, 0.3) is 0 Å². The van der Waals surface area contributed by atoms with Crippen LogP contribution in [0.5, 0.6) is 0 Å². The zero-order valence-corrected chi connectivity index (χ0v) is 12.1. The zero-order chi connectivity index (χ0) is 15.0. The Morgan fingerprint density at radius 1 is 1.20 bits per heavy atom. The predicted octanol–water partition coefficient (Wildman–Crippen LogP) is 2.81. The maximum Gasteiger partial charge on any atom is 0.255 e. The van der Waals surface area contributed by atoms with Gasteiger partial charge in [-0.15, -0.1) is 0 Å². The van der Waals surface area contributed by atoms with Gasteiger partial charge in [-0.25, -0.2) is 8.78 Å². The molecule has 0 saturated heterocycles. The third-order valence-corrected chi connectivity index (χ3v) is 3.25. The fourth-order valence-corrected chi connectivity index (χ4v) is 2.27. The van der Waals surface area contributed by atoms with Gasteiger partial charge in [-0.3, -0.25) is 0 Å². The number of hydrogen-bond acceptors (Lipinski definition) is 3. The minimum absolute atomic E-state index is 0.135. The molecule has 0 radical (unpaired) electrons. The summed E-state index contributed by atoms with van der Waals surface area (Å²) in [5, 5.41) is 12.3. The molecule has 0 aliphatic carbocycles. The fraction of sp³-hybridized carbons (Fsp3) is 0.600. The van der Waals surface area contributed by atoms with E-state index < -0.39 is 6.43 Å². The van der Waals surface area contributed by atoms with E-state index in [1.165, 1.54) is 4.90 Å². The normalized spacial score (nSPS) is 12.7. The second kappa shape index (κ2) is 8.87. The van der Waals surface area contributed by atoms with E-state index in [1.807, 2.05) is 24.3 Å². The summed E-state index contributed by atoms with van der Waals surface area (Å²) >= 11 is 0. The van der Waals surface area contributed by atoms with Crippen LogP contribution in [0, 0.1) is 0 Å². The van der Waals surface area contributed by atoms with Crippen LogP contribution in [0.2, 0.25) is 0 Å². The molecule has 0 heterocycles. The highest BCUT2D eigenvalue weighted by molar-refractivity contribution is 5.48. The molecule has 5 heteroatoms. The molecule has 1 aromatic carbocycles. The van der Waals surface area contributed by atoms with E-state index in [4.69, 9.17) is 5.11 Å². The van der Waals surface area contributed by atoms with Gasteiger partial charge in [-0.1, -0.05) is 26.0 Å². The van der Waals surface area contributed by atoms with Gasteiger partial charge in [-0.2, -0.15) is 0 Å². The van der Waals surface area contributed by atoms with Gasteiger partial charge in [0.1, 0.15) is 0 Å². The van der Waals surface area contributed by atoms with Gasteiger partial charge in [0.15, 0.2) is 0 Å². The Morgan fingerprint density at radius 2 is 1.85 bits per heavy atom. The van der Waals surface area contributed by atoms with Crippen molar-refractivity contribution in [3.8, 4) is 0 Å². The van der Waals surface area contributed by atoms with Crippen LogP contribution in [-0.2, 0) is 0 Å². The lowest BCUT2D eigenvalue weighted by atomic mass is 10.0. The third-order valence-electron chi connectivity index (χ3n) is 3.25. The van der Waals surface area contributed by atoms with Crippen molar-refractivity contribution in [1.82, 2.24) is 5.32 Å². The van der Waals surface area contributed by atoms with Gasteiger partial charge in [0, 0.05) is 18.3 Å². The Balaban J connectivity index is 2.81. The van der Waals surface area contributed by atoms with Crippen LogP contribution in [0.4, 0.5) is 14.5 Å². The molecule has 1 rings (SSSR count). The standard InChI is InChI=1S/C15H24F2N2O/c1-3-14(18-4-2)12-5-7-13(8-6-12)19(9-10-20)11-15(16)17/h5-8,14-15,18,20H,3-4,9-11H2,1-2H3. The highest BCUT2D eigenvalue weighted by atomic mass is 19.3. The average molecular weight is 286 g/mol. The summed E-state index contributed by atoms with van der Waals surface area (Å²) < 4.78 is 25.0. The number of benzene rings is 1. The maximum absolute atomic E-state index is 12.5. The van der Waals surface area contributed by atoms with Gasteiger partial charge in [-0.05, 0) is 30.7 Å². The summed E-state index contributed by atoms with van der Waals surface area (Å²) in [6.45, 7) is 4.78. The molecule has 0 aromatic heterocycles. The summed E-state index contributed by atoms with van der Waals surface area (Å²) in [5.74, 6) is 0. The van der Waals surface area contributed by atoms with Crippen LogP contribution in [0.15, 0.2) is 24.3 Å². The lowest BCUT2D eigenvalue weighted by molar-refractivity contribution is 0.153. The molecule has 1 unspecified atom stereocenters. The summed E-state index contributed by atoms with van der Waals surface area (Å²) in [6.07, 6.45) is -1.43. The second-order valence-electron chi connectivity index (χ2n) is 4.67. The SMILES string of the molecule is CCNC(CC)c1ccc(N(CCO)CC(F)F)cc1. The third kappa shape index (κ3) is 5.06. The number of nitrogens with zero attached hydrogens (tertiary/aromatic N) is 1. The Labute approximate surface area is 119 Å². The van der Waals surface area contributed by atoms with Gasteiger partial charge in [0.05, 0.1) is 13.2 Å². The topological polar surface area (TPSA) is 35.5 Å². The quantitative estimate of drug-likeness (QED) is 0.733. The van der Waals surface area contributed by atoms with Crippen molar-refractivity contribution < 1.29 is 13.9 Å². The predicted molar refractivity (Wildman–Crippen MR) is 78.5 cm³/mol. The van der Waals surface area contributed by atoms with Crippen molar-refractivity contribution in [2.24, 2.45) is 0 Å². The summed E-state index contributed by atoms with van der Waals surface area (Å²) in [7, 11) is 0. The molecular weight excluding hydrogens is 262 g/mol. The average Bonchev–Trinajstić information content (AvgIpc) is 2.44.